The molecule has 0 aromatic rings. The molecular formula is C43H76NO7+. The second-order valence-corrected chi connectivity index (χ2v) is 14.5. The van der Waals surface area contributed by atoms with Gasteiger partial charge < -0.3 is 23.8 Å². The summed E-state index contributed by atoms with van der Waals surface area (Å²) in [5, 5.41) is 9.57. The Balaban J connectivity index is 4.37. The third-order valence-corrected chi connectivity index (χ3v) is 8.75. The number of rotatable bonds is 35. The molecule has 2 unspecified atom stereocenters. The van der Waals surface area contributed by atoms with E-state index in [4.69, 9.17) is 14.2 Å². The molecule has 0 rings (SSSR count). The largest absolute Gasteiger partial charge is 0.477 e. The van der Waals surface area contributed by atoms with E-state index < -0.39 is 24.1 Å². The third kappa shape index (κ3) is 32.9. The van der Waals surface area contributed by atoms with Gasteiger partial charge in [0.25, 0.3) is 0 Å². The summed E-state index contributed by atoms with van der Waals surface area (Å²) in [6.07, 6.45) is 39.2. The monoisotopic (exact) mass is 719 g/mol. The molecule has 0 bridgehead atoms. The zero-order valence-corrected chi connectivity index (χ0v) is 33.3. The second kappa shape index (κ2) is 34.4. The number of unbranched alkanes of at least 4 members (excludes halogenated alkanes) is 14. The normalized spacial score (nSPS) is 13.5. The number of carboxylic acid groups (broad SMARTS) is 1. The van der Waals surface area contributed by atoms with Crippen LogP contribution < -0.4 is 0 Å². The van der Waals surface area contributed by atoms with E-state index in [1.165, 1.54) is 70.6 Å². The van der Waals surface area contributed by atoms with Crippen molar-refractivity contribution in [3.05, 3.63) is 48.6 Å². The summed E-state index contributed by atoms with van der Waals surface area (Å²) in [6, 6.07) is -0.628. The molecule has 294 valence electrons. The Morgan fingerprint density at radius 3 is 1.71 bits per heavy atom. The Morgan fingerprint density at radius 2 is 1.16 bits per heavy atom. The van der Waals surface area contributed by atoms with E-state index in [0.717, 1.165) is 51.4 Å². The van der Waals surface area contributed by atoms with Gasteiger partial charge in [0, 0.05) is 12.8 Å². The predicted octanol–water partition coefficient (Wildman–Crippen LogP) is 10.5. The fourth-order valence-corrected chi connectivity index (χ4v) is 5.62. The third-order valence-electron chi connectivity index (χ3n) is 8.75. The minimum absolute atomic E-state index is 0.0217. The van der Waals surface area contributed by atoms with Crippen LogP contribution in [0.25, 0.3) is 0 Å². The minimum Gasteiger partial charge on any atom is -0.477 e. The smallest absolute Gasteiger partial charge is 0.362 e. The number of quaternary nitrogens is 1. The summed E-state index contributed by atoms with van der Waals surface area (Å²) < 4.78 is 17.1. The van der Waals surface area contributed by atoms with E-state index in [-0.39, 0.29) is 36.7 Å². The highest BCUT2D eigenvalue weighted by Crippen LogP contribution is 2.13. The predicted molar refractivity (Wildman–Crippen MR) is 211 cm³/mol. The Hall–Kier alpha value is -2.71. The molecular weight excluding hydrogens is 642 g/mol. The first-order valence-corrected chi connectivity index (χ1v) is 20.2. The molecule has 0 aromatic heterocycles. The maximum atomic E-state index is 12.5. The standard InChI is InChI=1S/C43H75NO7/c1-6-8-10-12-14-16-17-18-19-20-21-22-23-24-26-27-29-31-33-41(45)50-38-39(37-49-36-35-40(43(47)48)44(3,4)5)51-42(46)34-32-30-28-25-15-13-11-9-7-2/h9,11,15,21-22,25,30,32,39-40H,6-8,10,12-14,16-20,23-24,26-29,31,33-38H2,1-5H3/p+1/b11-9+,22-21+,25-15+,32-30+. The molecule has 1 N–H and O–H groups in total. The van der Waals surface area contributed by atoms with Gasteiger partial charge in [-0.05, 0) is 51.4 Å². The number of ether oxygens (including phenoxy) is 3. The van der Waals surface area contributed by atoms with Gasteiger partial charge in [0.2, 0.25) is 0 Å². The summed E-state index contributed by atoms with van der Waals surface area (Å²) in [7, 11) is 5.48. The Kier molecular flexibility index (Phi) is 32.6. The van der Waals surface area contributed by atoms with Gasteiger partial charge in [0.05, 0.1) is 40.8 Å². The Labute approximate surface area is 312 Å². The zero-order valence-electron chi connectivity index (χ0n) is 33.3. The molecule has 0 aliphatic carbocycles. The molecule has 0 saturated heterocycles. The number of esters is 2. The number of carbonyl (C=O) groups excluding carboxylic acids is 2. The van der Waals surface area contributed by atoms with Gasteiger partial charge in [-0.1, -0.05) is 133 Å². The van der Waals surface area contributed by atoms with Crippen molar-refractivity contribution in [1.29, 1.82) is 0 Å². The molecule has 0 radical (unpaired) electrons. The van der Waals surface area contributed by atoms with Gasteiger partial charge >= 0.3 is 17.9 Å². The molecule has 0 amide bonds. The number of carboxylic acids is 1. The first-order valence-electron chi connectivity index (χ1n) is 20.2. The van der Waals surface area contributed by atoms with Crippen molar-refractivity contribution in [1.82, 2.24) is 0 Å². The van der Waals surface area contributed by atoms with Crippen LogP contribution in [0.5, 0.6) is 0 Å². The first-order chi connectivity index (χ1) is 24.6. The zero-order chi connectivity index (χ0) is 37.8. The second-order valence-electron chi connectivity index (χ2n) is 14.5. The molecule has 2 atom stereocenters. The van der Waals surface area contributed by atoms with Crippen molar-refractivity contribution in [3.8, 4) is 0 Å². The Morgan fingerprint density at radius 1 is 0.627 bits per heavy atom. The minimum atomic E-state index is -0.890. The fraction of sp³-hybridized carbons (Fsp3) is 0.744. The van der Waals surface area contributed by atoms with E-state index in [1.54, 1.807) is 6.08 Å². The summed E-state index contributed by atoms with van der Waals surface area (Å²) in [6.45, 7) is 4.48. The van der Waals surface area contributed by atoms with Crippen molar-refractivity contribution in [2.45, 2.75) is 167 Å². The number of aliphatic carboxylic acids is 1. The SMILES string of the molecule is CC/C=C/C/C=C/C/C=C/CC(=O)OC(COCCC(C(=O)O)[N+](C)(C)C)COC(=O)CCCCCCC/C=C/CCCCCCCCCCC. The lowest BCUT2D eigenvalue weighted by atomic mass is 10.1. The summed E-state index contributed by atoms with van der Waals surface area (Å²) in [4.78, 5) is 36.7. The van der Waals surface area contributed by atoms with Crippen molar-refractivity contribution in [2.24, 2.45) is 0 Å². The van der Waals surface area contributed by atoms with E-state index in [1.807, 2.05) is 27.2 Å². The van der Waals surface area contributed by atoms with Crippen molar-refractivity contribution in [3.63, 3.8) is 0 Å². The molecule has 0 fully saturated rings. The molecule has 8 nitrogen and oxygen atoms in total. The summed E-state index contributed by atoms with van der Waals surface area (Å²) >= 11 is 0. The fourth-order valence-electron chi connectivity index (χ4n) is 5.62. The maximum absolute atomic E-state index is 12.5. The summed E-state index contributed by atoms with van der Waals surface area (Å²) in [5.74, 6) is -1.63. The van der Waals surface area contributed by atoms with Gasteiger partial charge in [0.1, 0.15) is 6.61 Å². The van der Waals surface area contributed by atoms with Crippen molar-refractivity contribution >= 4 is 17.9 Å². The van der Waals surface area contributed by atoms with E-state index in [2.05, 4.69) is 50.3 Å². The quantitative estimate of drug-likeness (QED) is 0.0301. The van der Waals surface area contributed by atoms with Crippen LogP contribution in [-0.2, 0) is 28.6 Å². The van der Waals surface area contributed by atoms with Gasteiger partial charge in [-0.25, -0.2) is 4.79 Å². The first kappa shape index (κ1) is 48.3. The number of likely N-dealkylation sites (N-methyl/N-ethyl adjacent to an activating group) is 1. The van der Waals surface area contributed by atoms with Crippen LogP contribution in [-0.4, -0.2) is 80.6 Å². The summed E-state index contributed by atoms with van der Waals surface area (Å²) in [5.41, 5.74) is 0. The molecule has 8 heteroatoms. The van der Waals surface area contributed by atoms with Crippen molar-refractivity contribution in [2.75, 3.05) is 41.0 Å². The van der Waals surface area contributed by atoms with Crippen LogP contribution >= 0.6 is 0 Å². The van der Waals surface area contributed by atoms with Crippen molar-refractivity contribution < 1.29 is 38.2 Å². The molecule has 0 heterocycles. The topological polar surface area (TPSA) is 99.1 Å². The number of hydrogen-bond donors (Lipinski definition) is 1. The Bertz CT molecular complexity index is 979. The van der Waals surface area contributed by atoms with Crippen LogP contribution in [0.15, 0.2) is 48.6 Å². The number of carbonyl (C=O) groups is 3. The van der Waals surface area contributed by atoms with Crippen LogP contribution in [0.2, 0.25) is 0 Å². The van der Waals surface area contributed by atoms with Gasteiger partial charge in [-0.15, -0.1) is 0 Å². The molecule has 0 spiro atoms. The highest BCUT2D eigenvalue weighted by atomic mass is 16.6. The van der Waals surface area contributed by atoms with Crippen LogP contribution in [0.3, 0.4) is 0 Å². The van der Waals surface area contributed by atoms with Crippen LogP contribution in [0, 0.1) is 0 Å². The molecule has 0 aromatic carbocycles. The van der Waals surface area contributed by atoms with Crippen LogP contribution in [0.1, 0.15) is 155 Å². The average Bonchev–Trinajstić information content (AvgIpc) is 3.08. The lowest BCUT2D eigenvalue weighted by Crippen LogP contribution is -2.50. The number of hydrogen-bond acceptors (Lipinski definition) is 6. The average molecular weight is 719 g/mol. The lowest BCUT2D eigenvalue weighted by molar-refractivity contribution is -0.887. The lowest BCUT2D eigenvalue weighted by Gasteiger charge is -2.31. The number of allylic oxidation sites excluding steroid dienone is 7. The number of nitrogens with zero attached hydrogens (tertiary/aromatic N) is 1. The molecule has 0 aliphatic rings. The maximum Gasteiger partial charge on any atom is 0.362 e. The van der Waals surface area contributed by atoms with E-state index >= 15 is 0 Å². The van der Waals surface area contributed by atoms with Crippen LogP contribution in [0.4, 0.5) is 0 Å². The van der Waals surface area contributed by atoms with Gasteiger partial charge in [0.15, 0.2) is 12.1 Å². The highest BCUT2D eigenvalue weighted by Gasteiger charge is 2.31. The molecule has 0 aliphatic heterocycles. The van der Waals surface area contributed by atoms with E-state index in [9.17, 15) is 19.5 Å². The van der Waals surface area contributed by atoms with Gasteiger partial charge in [-0.2, -0.15) is 0 Å². The molecule has 0 saturated carbocycles. The van der Waals surface area contributed by atoms with Gasteiger partial charge in [-0.3, -0.25) is 9.59 Å². The molecule has 51 heavy (non-hydrogen) atoms. The highest BCUT2D eigenvalue weighted by molar-refractivity contribution is 5.72. The van der Waals surface area contributed by atoms with E-state index in [0.29, 0.717) is 12.8 Å².